The average molecular weight is 859 g/mol. The Balaban J connectivity index is 0.988. The number of allylic oxidation sites excluding steroid dienone is 1. The van der Waals surface area contributed by atoms with Gasteiger partial charge in [-0.3, -0.25) is 5.41 Å². The Bertz CT molecular complexity index is 3370. The first-order valence-electron chi connectivity index (χ1n) is 22.7. The summed E-state index contributed by atoms with van der Waals surface area (Å²) in [5, 5.41) is 17.4. The van der Waals surface area contributed by atoms with Crippen LogP contribution < -0.4 is 10.6 Å². The van der Waals surface area contributed by atoms with Crippen molar-refractivity contribution in [2.75, 3.05) is 0 Å². The topological polar surface area (TPSA) is 60.3 Å². The van der Waals surface area contributed by atoms with Gasteiger partial charge in [-0.1, -0.05) is 224 Å². The summed E-state index contributed by atoms with van der Waals surface area (Å²) < 4.78 is 0. The summed E-state index contributed by atoms with van der Waals surface area (Å²) in [6.07, 6.45) is 4.46. The van der Waals surface area contributed by atoms with Crippen molar-refractivity contribution in [2.24, 2.45) is 4.99 Å². The molecule has 9 aromatic carbocycles. The van der Waals surface area contributed by atoms with Crippen molar-refractivity contribution in [3.63, 3.8) is 0 Å². The van der Waals surface area contributed by atoms with Gasteiger partial charge in [0.25, 0.3) is 0 Å². The van der Waals surface area contributed by atoms with Gasteiger partial charge in [-0.15, -0.1) is 0 Å². The van der Waals surface area contributed by atoms with Crippen molar-refractivity contribution in [2.45, 2.75) is 6.04 Å². The molecule has 0 fully saturated rings. The lowest BCUT2D eigenvalue weighted by Gasteiger charge is -2.27. The van der Waals surface area contributed by atoms with Crippen LogP contribution in [0.25, 0.3) is 62.1 Å². The van der Waals surface area contributed by atoms with E-state index >= 15 is 0 Å². The summed E-state index contributed by atoms with van der Waals surface area (Å²) >= 11 is 0. The first kappa shape index (κ1) is 40.9. The van der Waals surface area contributed by atoms with Gasteiger partial charge in [0.2, 0.25) is 0 Å². The van der Waals surface area contributed by atoms with Crippen molar-refractivity contribution in [1.29, 1.82) is 5.41 Å². The molecule has 0 saturated carbocycles. The van der Waals surface area contributed by atoms with Gasteiger partial charge in [-0.05, 0) is 86.0 Å². The molecule has 1 atom stereocenters. The van der Waals surface area contributed by atoms with Gasteiger partial charge in [-0.2, -0.15) is 0 Å². The van der Waals surface area contributed by atoms with E-state index in [4.69, 9.17) is 4.99 Å². The molecule has 1 unspecified atom stereocenters. The fourth-order valence-corrected chi connectivity index (χ4v) is 9.09. The Hall–Kier alpha value is -8.86. The third-order valence-electron chi connectivity index (χ3n) is 12.6. The highest BCUT2D eigenvalue weighted by molar-refractivity contribution is 6.36. The Morgan fingerprint density at radius 1 is 0.418 bits per heavy atom. The molecule has 11 rings (SSSR count). The van der Waals surface area contributed by atoms with Crippen LogP contribution >= 0.6 is 0 Å². The van der Waals surface area contributed by atoms with Gasteiger partial charge >= 0.3 is 0 Å². The lowest BCUT2D eigenvalue weighted by Crippen LogP contribution is -2.31. The van der Waals surface area contributed by atoms with Crippen molar-refractivity contribution >= 4 is 40.3 Å². The molecule has 318 valence electrons. The van der Waals surface area contributed by atoms with Crippen LogP contribution in [-0.2, 0) is 0 Å². The number of fused-ring (bicyclic) bond motifs is 1. The van der Waals surface area contributed by atoms with Gasteiger partial charge in [0, 0.05) is 33.5 Å². The number of hydrogen-bond donors (Lipinski definition) is 3. The molecule has 9 aromatic rings. The summed E-state index contributed by atoms with van der Waals surface area (Å²) in [5.41, 5.74) is 19.2. The maximum absolute atomic E-state index is 9.71. The molecule has 0 radical (unpaired) electrons. The standard InChI is InChI=1S/C63H46N4/c64-61(48-26-14-5-15-27-48)60(47-24-12-4-13-25-47)62-56-40-52(36-37-53(56)41-57(65-62)46-22-10-3-11-23-46)45-32-34-49(35-33-45)63-66-58(54-30-16-28-50(38-54)43-18-6-1-7-19-43)42-59(67-63)55-31-17-29-51(39-55)44-20-8-2-9-21-44/h1-42,58,64-65H,(H,66,67)/b62-60-,64-61?. The smallest absolute Gasteiger partial charge is 0.134 e. The number of nitrogens with one attached hydrogen (secondary N) is 3. The molecular formula is C63H46N4. The van der Waals surface area contributed by atoms with Crippen LogP contribution in [0.4, 0.5) is 0 Å². The van der Waals surface area contributed by atoms with Crippen LogP contribution in [0, 0.1) is 5.41 Å². The summed E-state index contributed by atoms with van der Waals surface area (Å²) in [6, 6.07) is 84.5. The van der Waals surface area contributed by atoms with Crippen LogP contribution in [0.3, 0.4) is 0 Å². The monoisotopic (exact) mass is 858 g/mol. The Morgan fingerprint density at radius 3 is 1.57 bits per heavy atom. The van der Waals surface area contributed by atoms with E-state index in [2.05, 4.69) is 211 Å². The second-order valence-electron chi connectivity index (χ2n) is 16.9. The third-order valence-corrected chi connectivity index (χ3v) is 12.6. The largest absolute Gasteiger partial charge is 0.359 e. The molecule has 0 spiro atoms. The number of amidine groups is 1. The van der Waals surface area contributed by atoms with Gasteiger partial charge in [0.05, 0.1) is 23.1 Å². The number of rotatable bonds is 10. The van der Waals surface area contributed by atoms with Crippen molar-refractivity contribution in [3.05, 3.63) is 293 Å². The zero-order valence-electron chi connectivity index (χ0n) is 36.8. The third kappa shape index (κ3) is 8.60. The average Bonchev–Trinajstić information content (AvgIpc) is 3.42. The zero-order valence-corrected chi connectivity index (χ0v) is 36.8. The van der Waals surface area contributed by atoms with Crippen LogP contribution in [0.2, 0.25) is 0 Å². The van der Waals surface area contributed by atoms with Crippen LogP contribution in [0.1, 0.15) is 50.5 Å². The second-order valence-corrected chi connectivity index (χ2v) is 16.9. The predicted molar refractivity (Wildman–Crippen MR) is 280 cm³/mol. The van der Waals surface area contributed by atoms with Gasteiger partial charge in [-0.25, -0.2) is 4.99 Å². The fourth-order valence-electron chi connectivity index (χ4n) is 9.09. The normalized spacial score (nSPS) is 14.9. The second kappa shape index (κ2) is 18.3. The van der Waals surface area contributed by atoms with E-state index in [1.807, 2.05) is 54.6 Å². The van der Waals surface area contributed by atoms with E-state index < -0.39 is 0 Å². The van der Waals surface area contributed by atoms with E-state index in [0.717, 1.165) is 89.7 Å². The minimum Gasteiger partial charge on any atom is -0.359 e. The van der Waals surface area contributed by atoms with Crippen molar-refractivity contribution in [1.82, 2.24) is 10.6 Å². The van der Waals surface area contributed by atoms with Crippen LogP contribution in [0.15, 0.2) is 254 Å². The van der Waals surface area contributed by atoms with E-state index in [-0.39, 0.29) is 6.04 Å². The number of aliphatic imine (C=N–C) groups is 1. The first-order valence-corrected chi connectivity index (χ1v) is 22.7. The molecule has 0 aliphatic carbocycles. The highest BCUT2D eigenvalue weighted by Crippen LogP contribution is 2.39. The quantitative estimate of drug-likeness (QED) is 0.120. The van der Waals surface area contributed by atoms with Gasteiger partial charge < -0.3 is 10.6 Å². The number of benzene rings is 9. The Kier molecular flexibility index (Phi) is 11.2. The molecule has 2 heterocycles. The SMILES string of the molecule is N=C(/C(=C1\NC(c2ccccc2)=Cc2ccc(-c3ccc(C4=NC(c5cccc(-c6ccccc6)c5)=CC(c5cccc(-c6ccccc6)c5)N4)cc3)cc21)c1ccccc1)c1ccccc1. The lowest BCUT2D eigenvalue weighted by atomic mass is 9.86. The lowest BCUT2D eigenvalue weighted by molar-refractivity contribution is 0.781. The van der Waals surface area contributed by atoms with E-state index in [1.54, 1.807) is 0 Å². The molecule has 0 aromatic heterocycles. The number of nitrogens with zero attached hydrogens (tertiary/aromatic N) is 1. The van der Waals surface area contributed by atoms with Gasteiger partial charge in [0.15, 0.2) is 0 Å². The van der Waals surface area contributed by atoms with Crippen LogP contribution in [0.5, 0.6) is 0 Å². The van der Waals surface area contributed by atoms with Crippen molar-refractivity contribution < 1.29 is 0 Å². The summed E-state index contributed by atoms with van der Waals surface area (Å²) in [6.45, 7) is 0. The molecule has 0 bridgehead atoms. The molecule has 4 heteroatoms. The molecule has 0 saturated heterocycles. The maximum Gasteiger partial charge on any atom is 0.134 e. The van der Waals surface area contributed by atoms with E-state index in [9.17, 15) is 5.41 Å². The molecule has 67 heavy (non-hydrogen) atoms. The molecular weight excluding hydrogens is 813 g/mol. The zero-order chi connectivity index (χ0) is 44.9. The highest BCUT2D eigenvalue weighted by atomic mass is 15.0. The molecule has 2 aliphatic rings. The van der Waals surface area contributed by atoms with Crippen molar-refractivity contribution in [3.8, 4) is 33.4 Å². The highest BCUT2D eigenvalue weighted by Gasteiger charge is 2.25. The Morgan fingerprint density at radius 2 is 0.910 bits per heavy atom. The number of hydrogen-bond acceptors (Lipinski definition) is 4. The molecule has 2 aliphatic heterocycles. The summed E-state index contributed by atoms with van der Waals surface area (Å²) in [7, 11) is 0. The van der Waals surface area contributed by atoms with E-state index in [0.29, 0.717) is 5.71 Å². The predicted octanol–water partition coefficient (Wildman–Crippen LogP) is 14.9. The summed E-state index contributed by atoms with van der Waals surface area (Å²) in [4.78, 5) is 5.33. The molecule has 4 nitrogen and oxygen atoms in total. The van der Waals surface area contributed by atoms with Crippen LogP contribution in [-0.4, -0.2) is 11.5 Å². The van der Waals surface area contributed by atoms with Gasteiger partial charge in [0.1, 0.15) is 5.84 Å². The Labute approximate surface area is 392 Å². The summed E-state index contributed by atoms with van der Waals surface area (Å²) in [5.74, 6) is 0.814. The first-order chi connectivity index (χ1) is 33.1. The minimum atomic E-state index is -0.119. The minimum absolute atomic E-state index is 0.119. The van der Waals surface area contributed by atoms with E-state index in [1.165, 1.54) is 16.7 Å². The molecule has 0 amide bonds. The fraction of sp³-hybridized carbons (Fsp3) is 0.0159. The maximum atomic E-state index is 9.71. The molecule has 3 N–H and O–H groups in total.